The van der Waals surface area contributed by atoms with E-state index in [1.807, 2.05) is 55.5 Å². The van der Waals surface area contributed by atoms with E-state index in [0.717, 1.165) is 55.0 Å². The number of hydrogen-bond acceptors (Lipinski definition) is 5. The maximum absolute atomic E-state index is 13.1. The number of nitrogens with one attached hydrogen (secondary N) is 1. The van der Waals surface area contributed by atoms with Crippen LogP contribution in [0.2, 0.25) is 0 Å². The van der Waals surface area contributed by atoms with Crippen LogP contribution in [0.1, 0.15) is 35.7 Å². The van der Waals surface area contributed by atoms with E-state index in [-0.39, 0.29) is 17.9 Å². The zero-order chi connectivity index (χ0) is 21.5. The molecule has 1 atom stereocenters. The summed E-state index contributed by atoms with van der Waals surface area (Å²) in [4.78, 5) is 19.7. The third-order valence-electron chi connectivity index (χ3n) is 5.79. The predicted molar refractivity (Wildman–Crippen MR) is 119 cm³/mol. The van der Waals surface area contributed by atoms with Crippen molar-refractivity contribution in [2.75, 3.05) is 26.2 Å². The lowest BCUT2D eigenvalue weighted by atomic mass is 9.94. The highest BCUT2D eigenvalue weighted by Gasteiger charge is 2.28. The number of carbonyl (C=O) groups excluding carboxylic acids is 1. The molecule has 6 heteroatoms. The first-order chi connectivity index (χ1) is 15.2. The number of ether oxygens (including phenoxy) is 1. The summed E-state index contributed by atoms with van der Waals surface area (Å²) in [7, 11) is 0. The van der Waals surface area contributed by atoms with E-state index in [1.165, 1.54) is 6.39 Å². The van der Waals surface area contributed by atoms with Crippen molar-refractivity contribution in [3.8, 4) is 5.75 Å². The number of nitrogens with zero attached hydrogens (tertiary/aromatic N) is 2. The van der Waals surface area contributed by atoms with Gasteiger partial charge in [0.15, 0.2) is 6.39 Å². The van der Waals surface area contributed by atoms with Gasteiger partial charge in [-0.15, -0.1) is 0 Å². The van der Waals surface area contributed by atoms with Gasteiger partial charge in [-0.25, -0.2) is 4.98 Å². The number of amides is 1. The maximum Gasteiger partial charge on any atom is 0.224 e. The van der Waals surface area contributed by atoms with Crippen LogP contribution >= 0.6 is 0 Å². The van der Waals surface area contributed by atoms with Gasteiger partial charge in [-0.05, 0) is 50.6 Å². The molecule has 1 aliphatic heterocycles. The quantitative estimate of drug-likeness (QED) is 0.598. The molecule has 1 unspecified atom stereocenters. The van der Waals surface area contributed by atoms with Crippen LogP contribution < -0.4 is 10.1 Å². The van der Waals surface area contributed by atoms with E-state index >= 15 is 0 Å². The Morgan fingerprint density at radius 3 is 2.71 bits per heavy atom. The molecular weight excluding hydrogens is 390 g/mol. The molecule has 3 aromatic rings. The fourth-order valence-corrected chi connectivity index (χ4v) is 4.03. The van der Waals surface area contributed by atoms with Crippen molar-refractivity contribution >= 4 is 5.91 Å². The number of aromatic nitrogens is 1. The zero-order valence-corrected chi connectivity index (χ0v) is 17.9. The Bertz CT molecular complexity index is 951. The minimum atomic E-state index is -0.302. The molecule has 0 bridgehead atoms. The summed E-state index contributed by atoms with van der Waals surface area (Å²) in [5.41, 5.74) is 2.87. The first-order valence-electron chi connectivity index (χ1n) is 10.8. The third kappa shape index (κ3) is 5.73. The number of piperidine rings is 1. The van der Waals surface area contributed by atoms with Crippen LogP contribution in [0.25, 0.3) is 0 Å². The van der Waals surface area contributed by atoms with Gasteiger partial charge in [-0.3, -0.25) is 9.69 Å². The molecule has 162 valence electrons. The molecule has 1 N–H and O–H groups in total. The molecule has 1 aromatic heterocycles. The highest BCUT2D eigenvalue weighted by molar-refractivity contribution is 5.79. The molecule has 4 rings (SSSR count). The van der Waals surface area contributed by atoms with Crippen LogP contribution in [0, 0.1) is 12.8 Å². The Hall–Kier alpha value is -3.12. The van der Waals surface area contributed by atoms with Gasteiger partial charge in [0.05, 0.1) is 6.04 Å². The second kappa shape index (κ2) is 10.3. The topological polar surface area (TPSA) is 67.6 Å². The lowest BCUT2D eigenvalue weighted by Gasteiger charge is -2.32. The molecule has 0 spiro atoms. The number of likely N-dealkylation sites (tertiary alicyclic amines) is 1. The Kier molecular flexibility index (Phi) is 6.99. The number of para-hydroxylation sites is 1. The SMILES string of the molecule is Cc1cccc(C(NC(=O)C2CCN(CCOc3ccccc3)CC2)c2cocn2)c1. The van der Waals surface area contributed by atoms with Crippen molar-refractivity contribution in [3.63, 3.8) is 0 Å². The number of aryl methyl sites for hydroxylation is 1. The Morgan fingerprint density at radius 2 is 2.00 bits per heavy atom. The van der Waals surface area contributed by atoms with Gasteiger partial charge in [0.2, 0.25) is 5.91 Å². The van der Waals surface area contributed by atoms with Crippen molar-refractivity contribution in [1.29, 1.82) is 0 Å². The average molecular weight is 420 g/mol. The van der Waals surface area contributed by atoms with Crippen molar-refractivity contribution in [3.05, 3.63) is 84.1 Å². The number of carbonyl (C=O) groups is 1. The first-order valence-corrected chi connectivity index (χ1v) is 10.8. The zero-order valence-electron chi connectivity index (χ0n) is 17.9. The Morgan fingerprint density at radius 1 is 1.19 bits per heavy atom. The molecule has 2 aromatic carbocycles. The summed E-state index contributed by atoms with van der Waals surface area (Å²) in [6, 6.07) is 17.7. The van der Waals surface area contributed by atoms with Gasteiger partial charge in [-0.1, -0.05) is 48.0 Å². The molecule has 1 amide bonds. The third-order valence-corrected chi connectivity index (χ3v) is 5.79. The van der Waals surface area contributed by atoms with E-state index in [1.54, 1.807) is 6.26 Å². The standard InChI is InChI=1S/C25H29N3O3/c1-19-6-5-7-21(16-19)24(23-17-30-18-26-23)27-25(29)20-10-12-28(13-11-20)14-15-31-22-8-3-2-4-9-22/h2-9,16-18,20,24H,10-15H2,1H3,(H,27,29). The fraction of sp³-hybridized carbons (Fsp3) is 0.360. The minimum absolute atomic E-state index is 0.00509. The van der Waals surface area contributed by atoms with Crippen LogP contribution in [0.5, 0.6) is 5.75 Å². The molecule has 1 aliphatic rings. The van der Waals surface area contributed by atoms with Crippen molar-refractivity contribution < 1.29 is 13.9 Å². The monoisotopic (exact) mass is 419 g/mol. The van der Waals surface area contributed by atoms with Gasteiger partial charge in [0.1, 0.15) is 24.3 Å². The van der Waals surface area contributed by atoms with E-state index in [4.69, 9.17) is 9.15 Å². The van der Waals surface area contributed by atoms with Gasteiger partial charge in [0.25, 0.3) is 0 Å². The largest absolute Gasteiger partial charge is 0.492 e. The van der Waals surface area contributed by atoms with Crippen molar-refractivity contribution in [2.24, 2.45) is 5.92 Å². The maximum atomic E-state index is 13.1. The molecule has 0 radical (unpaired) electrons. The molecular formula is C25H29N3O3. The van der Waals surface area contributed by atoms with Crippen molar-refractivity contribution in [2.45, 2.75) is 25.8 Å². The summed E-state index contributed by atoms with van der Waals surface area (Å²) < 4.78 is 11.0. The Balaban J connectivity index is 1.29. The minimum Gasteiger partial charge on any atom is -0.492 e. The van der Waals surface area contributed by atoms with E-state index in [2.05, 4.69) is 21.3 Å². The number of oxazole rings is 1. The van der Waals surface area contributed by atoms with Crippen LogP contribution in [-0.2, 0) is 4.79 Å². The number of hydrogen-bond donors (Lipinski definition) is 1. The van der Waals surface area contributed by atoms with E-state index < -0.39 is 0 Å². The highest BCUT2D eigenvalue weighted by Crippen LogP contribution is 2.24. The van der Waals surface area contributed by atoms with Gasteiger partial charge in [0, 0.05) is 12.5 Å². The first kappa shape index (κ1) is 21.1. The van der Waals surface area contributed by atoms with E-state index in [9.17, 15) is 4.79 Å². The van der Waals surface area contributed by atoms with Gasteiger partial charge >= 0.3 is 0 Å². The molecule has 0 aliphatic carbocycles. The fourth-order valence-electron chi connectivity index (χ4n) is 4.03. The second-order valence-corrected chi connectivity index (χ2v) is 8.05. The van der Waals surface area contributed by atoms with Crippen LogP contribution in [0.15, 0.2) is 71.7 Å². The molecule has 0 saturated carbocycles. The molecule has 2 heterocycles. The van der Waals surface area contributed by atoms with Gasteiger partial charge in [-0.2, -0.15) is 0 Å². The lowest BCUT2D eigenvalue weighted by molar-refractivity contribution is -0.127. The van der Waals surface area contributed by atoms with Crippen molar-refractivity contribution in [1.82, 2.24) is 15.2 Å². The number of rotatable bonds is 8. The van der Waals surface area contributed by atoms with Crippen LogP contribution in [0.4, 0.5) is 0 Å². The van der Waals surface area contributed by atoms with Crippen LogP contribution in [-0.4, -0.2) is 42.0 Å². The second-order valence-electron chi connectivity index (χ2n) is 8.05. The smallest absolute Gasteiger partial charge is 0.224 e. The predicted octanol–water partition coefficient (Wildman–Crippen LogP) is 3.98. The summed E-state index contributed by atoms with van der Waals surface area (Å²) in [6.07, 6.45) is 4.69. The summed E-state index contributed by atoms with van der Waals surface area (Å²) >= 11 is 0. The van der Waals surface area contributed by atoms with Gasteiger partial charge < -0.3 is 14.5 Å². The summed E-state index contributed by atoms with van der Waals surface area (Å²) in [6.45, 7) is 5.36. The van der Waals surface area contributed by atoms with E-state index in [0.29, 0.717) is 6.61 Å². The molecule has 1 fully saturated rings. The summed E-state index contributed by atoms with van der Waals surface area (Å²) in [5.74, 6) is 0.979. The van der Waals surface area contributed by atoms with Crippen LogP contribution in [0.3, 0.4) is 0 Å². The molecule has 6 nitrogen and oxygen atoms in total. The molecule has 31 heavy (non-hydrogen) atoms. The summed E-state index contributed by atoms with van der Waals surface area (Å²) in [5, 5.41) is 3.21. The Labute approximate surface area is 183 Å². The molecule has 1 saturated heterocycles. The normalized spacial score (nSPS) is 16.0. The highest BCUT2D eigenvalue weighted by atomic mass is 16.5. The average Bonchev–Trinajstić information content (AvgIpc) is 3.33. The number of benzene rings is 2. The lowest BCUT2D eigenvalue weighted by Crippen LogP contribution is -2.42.